The average Bonchev–Trinajstić information content (AvgIpc) is 3.08. The van der Waals surface area contributed by atoms with Crippen LogP contribution in [0, 0.1) is 46.3 Å². The van der Waals surface area contributed by atoms with E-state index in [2.05, 4.69) is 40.7 Å². The van der Waals surface area contributed by atoms with Crippen molar-refractivity contribution < 1.29 is 14.6 Å². The second kappa shape index (κ2) is 9.08. The molecule has 0 aromatic carbocycles. The Balaban J connectivity index is 1.45. The summed E-state index contributed by atoms with van der Waals surface area (Å²) in [6, 6.07) is 0. The van der Waals surface area contributed by atoms with Crippen LogP contribution in [0.2, 0.25) is 0 Å². The van der Waals surface area contributed by atoms with Crippen LogP contribution in [0.25, 0.3) is 0 Å². The molecule has 1 N–H and O–H groups in total. The zero-order valence-corrected chi connectivity index (χ0v) is 21.5. The highest BCUT2D eigenvalue weighted by Crippen LogP contribution is 2.67. The molecule has 0 aromatic rings. The van der Waals surface area contributed by atoms with Crippen LogP contribution in [0.15, 0.2) is 11.6 Å². The quantitative estimate of drug-likeness (QED) is 0.357. The fourth-order valence-corrected chi connectivity index (χ4v) is 8.99. The van der Waals surface area contributed by atoms with Gasteiger partial charge < -0.3 is 9.84 Å². The monoisotopic (exact) mass is 444 g/mol. The van der Waals surface area contributed by atoms with Gasteiger partial charge in [0.15, 0.2) is 0 Å². The molecule has 0 aromatic heterocycles. The maximum absolute atomic E-state index is 11.5. The molecule has 4 aliphatic rings. The Labute approximate surface area is 196 Å². The maximum Gasteiger partial charge on any atom is 0.302 e. The number of hydrogen-bond acceptors (Lipinski definition) is 3. The highest BCUT2D eigenvalue weighted by Gasteiger charge is 2.59. The highest BCUT2D eigenvalue weighted by molar-refractivity contribution is 5.66. The molecule has 0 bridgehead atoms. The van der Waals surface area contributed by atoms with E-state index in [-0.39, 0.29) is 18.2 Å². The molecule has 0 aliphatic heterocycles. The summed E-state index contributed by atoms with van der Waals surface area (Å²) in [5.41, 5.74) is 2.38. The zero-order chi connectivity index (χ0) is 23.3. The van der Waals surface area contributed by atoms with Gasteiger partial charge in [0, 0.05) is 6.92 Å². The minimum atomic E-state index is -0.143. The fourth-order valence-electron chi connectivity index (χ4n) is 8.99. The summed E-state index contributed by atoms with van der Waals surface area (Å²) in [5.74, 6) is 4.22. The lowest BCUT2D eigenvalue weighted by molar-refractivity contribution is -0.149. The van der Waals surface area contributed by atoms with Gasteiger partial charge in [-0.25, -0.2) is 0 Å². The predicted octanol–water partition coefficient (Wildman–Crippen LogP) is 6.93. The third-order valence-corrected chi connectivity index (χ3v) is 10.8. The van der Waals surface area contributed by atoms with Crippen molar-refractivity contribution in [2.75, 3.05) is 0 Å². The third kappa shape index (κ3) is 4.21. The van der Waals surface area contributed by atoms with Gasteiger partial charge in [-0.1, -0.05) is 46.3 Å². The minimum absolute atomic E-state index is 0.0548. The standard InChI is InChI=1S/C29H48O3/c1-18(2)27(32-20(4)30)12-7-19(3)24-10-11-25-23-9-8-21-17-22(31)13-15-28(21,5)26(23)14-16-29(24,25)6/h8,18-19,22-27,31H,7,9-17H2,1-6H3/t19-,22+,23+,24-,25+,26+,27+,28+,29-/m1/s1. The Hall–Kier alpha value is -0.830. The number of carbonyl (C=O) groups excluding carboxylic acids is 1. The van der Waals surface area contributed by atoms with Crippen molar-refractivity contribution in [3.05, 3.63) is 11.6 Å². The second-order valence-electron chi connectivity index (χ2n) is 12.8. The zero-order valence-electron chi connectivity index (χ0n) is 21.5. The van der Waals surface area contributed by atoms with Gasteiger partial charge in [0.05, 0.1) is 6.10 Å². The van der Waals surface area contributed by atoms with E-state index in [1.165, 1.54) is 45.4 Å². The van der Waals surface area contributed by atoms with Gasteiger partial charge in [0.1, 0.15) is 6.10 Å². The van der Waals surface area contributed by atoms with Crippen molar-refractivity contribution in [3.8, 4) is 0 Å². The normalized spacial score (nSPS) is 43.0. The predicted molar refractivity (Wildman–Crippen MR) is 130 cm³/mol. The smallest absolute Gasteiger partial charge is 0.302 e. The number of hydrogen-bond donors (Lipinski definition) is 1. The number of ether oxygens (including phenoxy) is 1. The number of fused-ring (bicyclic) bond motifs is 5. The lowest BCUT2D eigenvalue weighted by atomic mass is 9.47. The van der Waals surface area contributed by atoms with Crippen molar-refractivity contribution in [2.24, 2.45) is 46.3 Å². The fraction of sp³-hybridized carbons (Fsp3) is 0.897. The molecule has 3 nitrogen and oxygen atoms in total. The maximum atomic E-state index is 11.5. The molecular weight excluding hydrogens is 396 g/mol. The molecular formula is C29H48O3. The number of aliphatic hydroxyl groups is 1. The Kier molecular flexibility index (Phi) is 6.90. The largest absolute Gasteiger partial charge is 0.462 e. The Morgan fingerprint density at radius 1 is 1.09 bits per heavy atom. The first-order valence-electron chi connectivity index (χ1n) is 13.6. The molecule has 4 aliphatic carbocycles. The minimum Gasteiger partial charge on any atom is -0.462 e. The van der Waals surface area contributed by atoms with E-state index < -0.39 is 0 Å². The van der Waals surface area contributed by atoms with Crippen LogP contribution in [0.5, 0.6) is 0 Å². The van der Waals surface area contributed by atoms with Crippen LogP contribution in [0.3, 0.4) is 0 Å². The van der Waals surface area contributed by atoms with Gasteiger partial charge in [0.2, 0.25) is 0 Å². The molecule has 32 heavy (non-hydrogen) atoms. The molecule has 3 saturated carbocycles. The number of aliphatic hydroxyl groups excluding tert-OH is 1. The Morgan fingerprint density at radius 2 is 1.84 bits per heavy atom. The first kappa shape index (κ1) is 24.3. The van der Waals surface area contributed by atoms with Gasteiger partial charge in [-0.15, -0.1) is 0 Å². The lowest BCUT2D eigenvalue weighted by Crippen LogP contribution is -2.50. The van der Waals surface area contributed by atoms with Crippen LogP contribution in [-0.4, -0.2) is 23.3 Å². The van der Waals surface area contributed by atoms with Gasteiger partial charge in [0.25, 0.3) is 0 Å². The summed E-state index contributed by atoms with van der Waals surface area (Å²) in [6.45, 7) is 13.5. The molecule has 0 heterocycles. The Morgan fingerprint density at radius 3 is 2.53 bits per heavy atom. The van der Waals surface area contributed by atoms with E-state index in [4.69, 9.17) is 4.74 Å². The molecule has 0 spiro atoms. The molecule has 0 radical (unpaired) electrons. The van der Waals surface area contributed by atoms with Gasteiger partial charge >= 0.3 is 5.97 Å². The van der Waals surface area contributed by atoms with E-state index in [1.54, 1.807) is 5.57 Å². The van der Waals surface area contributed by atoms with Crippen molar-refractivity contribution in [3.63, 3.8) is 0 Å². The van der Waals surface area contributed by atoms with E-state index in [0.29, 0.717) is 22.7 Å². The SMILES string of the molecule is CC(=O)O[C@@H](CC[C@@H](C)[C@H]1CC[C@H]2[C@@H]3CC=C4C[C@@H](O)CC[C@]4(C)[C@H]3CC[C@]12C)C(C)C. The summed E-state index contributed by atoms with van der Waals surface area (Å²) >= 11 is 0. The summed E-state index contributed by atoms with van der Waals surface area (Å²) < 4.78 is 5.63. The van der Waals surface area contributed by atoms with Crippen molar-refractivity contribution in [1.82, 2.24) is 0 Å². The number of rotatable bonds is 6. The molecule has 9 atom stereocenters. The lowest BCUT2D eigenvalue weighted by Gasteiger charge is -2.58. The van der Waals surface area contributed by atoms with E-state index in [9.17, 15) is 9.90 Å². The van der Waals surface area contributed by atoms with Gasteiger partial charge in [-0.05, 0) is 111 Å². The van der Waals surface area contributed by atoms with Crippen LogP contribution >= 0.6 is 0 Å². The summed E-state index contributed by atoms with van der Waals surface area (Å²) in [7, 11) is 0. The number of carbonyl (C=O) groups is 1. The topological polar surface area (TPSA) is 46.5 Å². The summed E-state index contributed by atoms with van der Waals surface area (Å²) in [6.07, 6.45) is 14.5. The summed E-state index contributed by atoms with van der Waals surface area (Å²) in [5, 5.41) is 10.2. The van der Waals surface area contributed by atoms with Crippen LogP contribution in [0.1, 0.15) is 106 Å². The van der Waals surface area contributed by atoms with Crippen LogP contribution in [0.4, 0.5) is 0 Å². The van der Waals surface area contributed by atoms with Crippen molar-refractivity contribution in [2.45, 2.75) is 118 Å². The molecule has 3 fully saturated rings. The van der Waals surface area contributed by atoms with E-state index in [1.807, 2.05) is 0 Å². The molecule has 4 rings (SSSR count). The molecule has 3 heteroatoms. The average molecular weight is 445 g/mol. The molecule has 0 saturated heterocycles. The molecule has 0 unspecified atom stereocenters. The summed E-state index contributed by atoms with van der Waals surface area (Å²) in [4.78, 5) is 11.5. The van der Waals surface area contributed by atoms with Crippen molar-refractivity contribution in [1.29, 1.82) is 0 Å². The van der Waals surface area contributed by atoms with Gasteiger partial charge in [-0.3, -0.25) is 4.79 Å². The number of esters is 1. The molecule has 182 valence electrons. The molecule has 0 amide bonds. The second-order valence-corrected chi connectivity index (χ2v) is 12.8. The highest BCUT2D eigenvalue weighted by atomic mass is 16.5. The Bertz CT molecular complexity index is 726. The van der Waals surface area contributed by atoms with Crippen molar-refractivity contribution >= 4 is 5.97 Å². The first-order valence-corrected chi connectivity index (χ1v) is 13.6. The van der Waals surface area contributed by atoms with Gasteiger partial charge in [-0.2, -0.15) is 0 Å². The number of allylic oxidation sites excluding steroid dienone is 1. The third-order valence-electron chi connectivity index (χ3n) is 10.8. The van der Waals surface area contributed by atoms with E-state index in [0.717, 1.165) is 49.4 Å². The van der Waals surface area contributed by atoms with Crippen LogP contribution < -0.4 is 0 Å². The first-order chi connectivity index (χ1) is 15.1. The van der Waals surface area contributed by atoms with E-state index >= 15 is 0 Å². The van der Waals surface area contributed by atoms with Crippen LogP contribution in [-0.2, 0) is 9.53 Å².